The lowest BCUT2D eigenvalue weighted by molar-refractivity contribution is 0.177. The van der Waals surface area contributed by atoms with E-state index in [1.807, 2.05) is 6.92 Å². The van der Waals surface area contributed by atoms with Crippen LogP contribution >= 0.6 is 0 Å². The molecule has 64 valence electrons. The van der Waals surface area contributed by atoms with Crippen molar-refractivity contribution in [3.63, 3.8) is 0 Å². The molecular weight excluding hydrogens is 152 g/mol. The van der Waals surface area contributed by atoms with E-state index in [0.29, 0.717) is 0 Å². The van der Waals surface area contributed by atoms with E-state index in [2.05, 4.69) is 23.7 Å². The molecule has 0 aromatic carbocycles. The van der Waals surface area contributed by atoms with Gasteiger partial charge in [0, 0.05) is 13.0 Å². The van der Waals surface area contributed by atoms with Gasteiger partial charge < -0.3 is 10.2 Å². The summed E-state index contributed by atoms with van der Waals surface area (Å²) >= 11 is 0. The van der Waals surface area contributed by atoms with Gasteiger partial charge in [-0.3, -0.25) is 0 Å². The van der Waals surface area contributed by atoms with Crippen molar-refractivity contribution < 1.29 is 10.2 Å². The van der Waals surface area contributed by atoms with Gasteiger partial charge >= 0.3 is 0 Å². The first-order chi connectivity index (χ1) is 5.81. The van der Waals surface area contributed by atoms with Gasteiger partial charge in [-0.05, 0) is 24.8 Å². The summed E-state index contributed by atoms with van der Waals surface area (Å²) in [6.45, 7) is 1.81. The molecule has 0 spiro atoms. The van der Waals surface area contributed by atoms with E-state index >= 15 is 0 Å². The molecule has 12 heavy (non-hydrogen) atoms. The Morgan fingerprint density at radius 2 is 2.17 bits per heavy atom. The van der Waals surface area contributed by atoms with Crippen molar-refractivity contribution in [2.75, 3.05) is 6.61 Å². The van der Waals surface area contributed by atoms with Gasteiger partial charge in [0.25, 0.3) is 0 Å². The second kappa shape index (κ2) is 7.88. The van der Waals surface area contributed by atoms with E-state index in [9.17, 15) is 0 Å². The van der Waals surface area contributed by atoms with Gasteiger partial charge in [0.2, 0.25) is 0 Å². The lowest BCUT2D eigenvalue weighted by Crippen LogP contribution is -2.04. The fourth-order valence-electron chi connectivity index (χ4n) is 0.475. The minimum absolute atomic E-state index is 0.0574. The molecule has 2 heteroatoms. The number of hydrogen-bond donors (Lipinski definition) is 2. The second-order valence-corrected chi connectivity index (χ2v) is 2.07. The van der Waals surface area contributed by atoms with Crippen LogP contribution in [0.5, 0.6) is 0 Å². The van der Waals surface area contributed by atoms with Crippen molar-refractivity contribution in [1.29, 1.82) is 0 Å². The summed E-state index contributed by atoms with van der Waals surface area (Å²) in [6, 6.07) is 0. The zero-order chi connectivity index (χ0) is 9.23. The van der Waals surface area contributed by atoms with Gasteiger partial charge in [-0.15, -0.1) is 0 Å². The van der Waals surface area contributed by atoms with Crippen LogP contribution in [0.25, 0.3) is 0 Å². The fourth-order valence-corrected chi connectivity index (χ4v) is 0.475. The molecule has 0 heterocycles. The van der Waals surface area contributed by atoms with Crippen molar-refractivity contribution in [2.45, 2.75) is 19.4 Å². The van der Waals surface area contributed by atoms with E-state index in [1.165, 1.54) is 0 Å². The fraction of sp³-hybridized carbons (Fsp3) is 0.400. The Bertz CT molecular complexity index is 244. The minimum Gasteiger partial charge on any atom is -0.396 e. The molecule has 0 unspecified atom stereocenters. The average Bonchev–Trinajstić information content (AvgIpc) is 2.05. The number of allylic oxidation sites excluding steroid dienone is 2. The van der Waals surface area contributed by atoms with Crippen LogP contribution in [-0.2, 0) is 0 Å². The minimum atomic E-state index is -0.769. The lowest BCUT2D eigenvalue weighted by Gasteiger charge is -1.95. The Hall–Kier alpha value is -1.22. The monoisotopic (exact) mass is 164 g/mol. The summed E-state index contributed by atoms with van der Waals surface area (Å²) in [5.74, 6) is 10.2. The van der Waals surface area contributed by atoms with Gasteiger partial charge in [-0.2, -0.15) is 0 Å². The molecule has 0 aliphatic rings. The molecule has 0 aromatic heterocycles. The van der Waals surface area contributed by atoms with E-state index in [-0.39, 0.29) is 13.0 Å². The first-order valence-electron chi connectivity index (χ1n) is 3.72. The van der Waals surface area contributed by atoms with Crippen LogP contribution in [0.4, 0.5) is 0 Å². The zero-order valence-corrected chi connectivity index (χ0v) is 7.04. The Morgan fingerprint density at radius 1 is 1.42 bits per heavy atom. The molecule has 0 fully saturated rings. The molecule has 0 aliphatic carbocycles. The third-order valence-corrected chi connectivity index (χ3v) is 1.03. The predicted molar refractivity (Wildman–Crippen MR) is 48.1 cm³/mol. The number of aliphatic hydroxyl groups excluding tert-OH is 2. The molecule has 2 nitrogen and oxygen atoms in total. The molecule has 0 aliphatic heterocycles. The molecule has 0 saturated carbocycles. The average molecular weight is 164 g/mol. The van der Waals surface area contributed by atoms with Crippen LogP contribution in [0, 0.1) is 23.7 Å². The van der Waals surface area contributed by atoms with Crippen LogP contribution in [-0.4, -0.2) is 22.9 Å². The first-order valence-corrected chi connectivity index (χ1v) is 3.72. The highest BCUT2D eigenvalue weighted by molar-refractivity contribution is 5.31. The highest BCUT2D eigenvalue weighted by Crippen LogP contribution is 1.85. The highest BCUT2D eigenvalue weighted by atomic mass is 16.3. The van der Waals surface area contributed by atoms with Crippen LogP contribution in [0.2, 0.25) is 0 Å². The first kappa shape index (κ1) is 10.8. The summed E-state index contributed by atoms with van der Waals surface area (Å²) in [4.78, 5) is 0. The molecular formula is C10H12O2. The second-order valence-electron chi connectivity index (χ2n) is 2.07. The summed E-state index contributed by atoms with van der Waals surface area (Å²) in [7, 11) is 0. The van der Waals surface area contributed by atoms with Crippen molar-refractivity contribution in [3.8, 4) is 23.7 Å². The molecule has 0 bridgehead atoms. The SMILES string of the molecule is C/C=C/C#CC#C[C@H](O)CCO. The van der Waals surface area contributed by atoms with Gasteiger partial charge in [0.1, 0.15) is 6.10 Å². The Labute approximate surface area is 72.9 Å². The van der Waals surface area contributed by atoms with Crippen molar-refractivity contribution in [2.24, 2.45) is 0 Å². The molecule has 0 radical (unpaired) electrons. The van der Waals surface area contributed by atoms with E-state index < -0.39 is 6.10 Å². The Balaban J connectivity index is 3.81. The van der Waals surface area contributed by atoms with Crippen LogP contribution in [0.15, 0.2) is 12.2 Å². The molecule has 0 rings (SSSR count). The number of hydrogen-bond acceptors (Lipinski definition) is 2. The van der Waals surface area contributed by atoms with Crippen molar-refractivity contribution >= 4 is 0 Å². The molecule has 0 saturated heterocycles. The predicted octanol–water partition coefficient (Wildman–Crippen LogP) is 0.313. The largest absolute Gasteiger partial charge is 0.396 e. The molecule has 2 N–H and O–H groups in total. The van der Waals surface area contributed by atoms with Crippen LogP contribution in [0.3, 0.4) is 0 Å². The molecule has 1 atom stereocenters. The van der Waals surface area contributed by atoms with Crippen molar-refractivity contribution in [3.05, 3.63) is 12.2 Å². The van der Waals surface area contributed by atoms with E-state index in [0.717, 1.165) is 0 Å². The standard InChI is InChI=1S/C10H12O2/c1-2-3-4-5-6-7-10(12)8-9-11/h2-3,10-12H,8-9H2,1H3/b3-2+/t10-/m0/s1. The molecule has 0 aromatic rings. The summed E-state index contributed by atoms with van der Waals surface area (Å²) in [5, 5.41) is 17.4. The molecule has 0 amide bonds. The Kier molecular flexibility index (Phi) is 7.08. The quantitative estimate of drug-likeness (QED) is 0.577. The number of aliphatic hydroxyl groups is 2. The van der Waals surface area contributed by atoms with Crippen LogP contribution in [0.1, 0.15) is 13.3 Å². The Morgan fingerprint density at radius 3 is 2.75 bits per heavy atom. The van der Waals surface area contributed by atoms with E-state index in [4.69, 9.17) is 10.2 Å². The van der Waals surface area contributed by atoms with Crippen molar-refractivity contribution in [1.82, 2.24) is 0 Å². The summed E-state index contributed by atoms with van der Waals surface area (Å²) in [5.41, 5.74) is 0. The van der Waals surface area contributed by atoms with E-state index in [1.54, 1.807) is 12.2 Å². The van der Waals surface area contributed by atoms with Gasteiger partial charge in [-0.1, -0.05) is 17.9 Å². The third kappa shape index (κ3) is 6.89. The smallest absolute Gasteiger partial charge is 0.117 e. The summed E-state index contributed by atoms with van der Waals surface area (Å²) in [6.07, 6.45) is 2.99. The zero-order valence-electron chi connectivity index (χ0n) is 7.04. The van der Waals surface area contributed by atoms with Gasteiger partial charge in [0.15, 0.2) is 0 Å². The van der Waals surface area contributed by atoms with Gasteiger partial charge in [0.05, 0.1) is 0 Å². The summed E-state index contributed by atoms with van der Waals surface area (Å²) < 4.78 is 0. The maximum atomic E-state index is 8.99. The van der Waals surface area contributed by atoms with Gasteiger partial charge in [-0.25, -0.2) is 0 Å². The third-order valence-electron chi connectivity index (χ3n) is 1.03. The maximum absolute atomic E-state index is 8.99. The topological polar surface area (TPSA) is 40.5 Å². The maximum Gasteiger partial charge on any atom is 0.117 e. The normalized spacial score (nSPS) is 11.2. The highest BCUT2D eigenvalue weighted by Gasteiger charge is 1.94. The van der Waals surface area contributed by atoms with Crippen LogP contribution < -0.4 is 0 Å². The number of rotatable bonds is 2. The lowest BCUT2D eigenvalue weighted by atomic mass is 10.3.